The fourth-order valence-electron chi connectivity index (χ4n) is 2.95. The second-order valence-corrected chi connectivity index (χ2v) is 6.03. The molecular weight excluding hydrogens is 344 g/mol. The number of carboxylic acids is 1. The van der Waals surface area contributed by atoms with Crippen molar-refractivity contribution < 1.29 is 19.5 Å². The average molecular weight is 364 g/mol. The van der Waals surface area contributed by atoms with Crippen molar-refractivity contribution in [1.82, 2.24) is 0 Å². The smallest absolute Gasteiger partial charge is 0.344 e. The molecule has 0 spiro atoms. The largest absolute Gasteiger partial charge is 0.479 e. The number of rotatable bonds is 7. The topological polar surface area (TPSA) is 79.2 Å². The molecule has 0 aromatic heterocycles. The van der Waals surface area contributed by atoms with E-state index >= 15 is 0 Å². The molecule has 1 saturated heterocycles. The van der Waals surface area contributed by atoms with Crippen LogP contribution in [0.5, 0.6) is 0 Å². The quantitative estimate of drug-likeness (QED) is 0.353. The third-order valence-corrected chi connectivity index (χ3v) is 4.22. The monoisotopic (exact) mass is 364 g/mol. The molecule has 1 atom stereocenters. The Hall–Kier alpha value is -3.41. The Balaban J connectivity index is 1.94. The Labute approximate surface area is 157 Å². The molecule has 0 bridgehead atoms. The van der Waals surface area contributed by atoms with Crippen LogP contribution >= 0.6 is 0 Å². The van der Waals surface area contributed by atoms with E-state index in [-0.39, 0.29) is 11.9 Å². The van der Waals surface area contributed by atoms with Crippen LogP contribution in [0.1, 0.15) is 24.9 Å². The fraction of sp³-hybridized carbons (Fsp3) is 0.190. The summed E-state index contributed by atoms with van der Waals surface area (Å²) in [5.41, 5.74) is 2.94. The van der Waals surface area contributed by atoms with Gasteiger partial charge in [0.25, 0.3) is 5.91 Å². The maximum atomic E-state index is 12.8. The summed E-state index contributed by atoms with van der Waals surface area (Å²) < 4.78 is 0. The Bertz CT molecular complexity index is 876. The normalized spacial score (nSPS) is 18.3. The number of allylic oxidation sites excluding steroid dienone is 1. The standard InChI is InChI=1S/C21H20N2O4/c1-2-16(22-27-14-19(24)25)13-18-20(15-9-5-3-6-10-15)23(21(18)26)17-11-7-4-8-12-17/h3-13,20H,2,14H2,1H3,(H,24,25). The van der Waals surface area contributed by atoms with Crippen LogP contribution in [0.3, 0.4) is 0 Å². The second-order valence-electron chi connectivity index (χ2n) is 6.03. The zero-order valence-corrected chi connectivity index (χ0v) is 14.9. The highest BCUT2D eigenvalue weighted by Gasteiger charge is 2.43. The number of oxime groups is 1. The van der Waals surface area contributed by atoms with Gasteiger partial charge in [-0.15, -0.1) is 0 Å². The number of benzene rings is 2. The lowest BCUT2D eigenvalue weighted by Gasteiger charge is -2.43. The van der Waals surface area contributed by atoms with Crippen LogP contribution in [0.15, 0.2) is 77.5 Å². The lowest BCUT2D eigenvalue weighted by atomic mass is 9.86. The van der Waals surface area contributed by atoms with E-state index in [0.717, 1.165) is 11.3 Å². The summed E-state index contributed by atoms with van der Waals surface area (Å²) in [7, 11) is 0. The van der Waals surface area contributed by atoms with Crippen molar-refractivity contribution in [3.63, 3.8) is 0 Å². The predicted octanol–water partition coefficient (Wildman–Crippen LogP) is 3.57. The SMILES string of the molecule is CCC(C=C1C(=O)N(c2ccccc2)C1c1ccccc1)=NOCC(=O)O. The summed E-state index contributed by atoms with van der Waals surface area (Å²) in [5.74, 6) is -1.20. The number of para-hydroxylation sites is 1. The Morgan fingerprint density at radius 3 is 2.37 bits per heavy atom. The maximum absolute atomic E-state index is 12.8. The van der Waals surface area contributed by atoms with Crippen molar-refractivity contribution in [3.05, 3.63) is 77.9 Å². The molecule has 1 amide bonds. The Kier molecular flexibility index (Phi) is 5.66. The van der Waals surface area contributed by atoms with Gasteiger partial charge in [0.15, 0.2) is 0 Å². The minimum Gasteiger partial charge on any atom is -0.479 e. The summed E-state index contributed by atoms with van der Waals surface area (Å²) in [6.07, 6.45) is 2.21. The highest BCUT2D eigenvalue weighted by molar-refractivity contribution is 6.18. The van der Waals surface area contributed by atoms with Crippen LogP contribution in [0.4, 0.5) is 5.69 Å². The number of hydrogen-bond acceptors (Lipinski definition) is 4. The molecule has 3 rings (SSSR count). The average Bonchev–Trinajstić information content (AvgIpc) is 2.69. The van der Waals surface area contributed by atoms with Crippen molar-refractivity contribution in [2.45, 2.75) is 19.4 Å². The zero-order chi connectivity index (χ0) is 19.2. The summed E-state index contributed by atoms with van der Waals surface area (Å²) >= 11 is 0. The Morgan fingerprint density at radius 1 is 1.15 bits per heavy atom. The molecule has 1 fully saturated rings. The number of hydrogen-bond donors (Lipinski definition) is 1. The number of nitrogens with zero attached hydrogens (tertiary/aromatic N) is 2. The van der Waals surface area contributed by atoms with Crippen LogP contribution in [-0.2, 0) is 14.4 Å². The molecule has 1 aliphatic rings. The minimum atomic E-state index is -1.10. The van der Waals surface area contributed by atoms with E-state index in [1.54, 1.807) is 11.0 Å². The lowest BCUT2D eigenvalue weighted by molar-refractivity contribution is -0.142. The molecular formula is C21H20N2O4. The van der Waals surface area contributed by atoms with Crippen LogP contribution in [0, 0.1) is 0 Å². The number of amides is 1. The minimum absolute atomic E-state index is 0.102. The number of aliphatic carboxylic acids is 1. The van der Waals surface area contributed by atoms with Gasteiger partial charge < -0.3 is 9.94 Å². The number of carbonyl (C=O) groups is 2. The number of carboxylic acid groups (broad SMARTS) is 1. The first kappa shape index (κ1) is 18.4. The lowest BCUT2D eigenvalue weighted by Crippen LogP contribution is -2.49. The van der Waals surface area contributed by atoms with Gasteiger partial charge >= 0.3 is 5.97 Å². The fourth-order valence-corrected chi connectivity index (χ4v) is 2.95. The summed E-state index contributed by atoms with van der Waals surface area (Å²) in [4.78, 5) is 30.0. The first-order valence-corrected chi connectivity index (χ1v) is 8.67. The van der Waals surface area contributed by atoms with Crippen LogP contribution in [0.25, 0.3) is 0 Å². The van der Waals surface area contributed by atoms with Gasteiger partial charge in [0.1, 0.15) is 0 Å². The third kappa shape index (κ3) is 4.06. The molecule has 6 heteroatoms. The number of anilines is 1. The van der Waals surface area contributed by atoms with Crippen molar-refractivity contribution in [1.29, 1.82) is 0 Å². The van der Waals surface area contributed by atoms with E-state index in [1.165, 1.54) is 0 Å². The molecule has 6 nitrogen and oxygen atoms in total. The molecule has 1 heterocycles. The summed E-state index contributed by atoms with van der Waals surface area (Å²) in [6, 6.07) is 19.0. The van der Waals surface area contributed by atoms with E-state index in [1.807, 2.05) is 67.6 Å². The van der Waals surface area contributed by atoms with Gasteiger partial charge in [-0.3, -0.25) is 9.69 Å². The molecule has 2 aromatic rings. The molecule has 0 saturated carbocycles. The van der Waals surface area contributed by atoms with Gasteiger partial charge in [-0.05, 0) is 30.2 Å². The summed E-state index contributed by atoms with van der Waals surface area (Å²) in [5, 5.41) is 12.5. The molecule has 1 aliphatic heterocycles. The molecule has 1 unspecified atom stereocenters. The van der Waals surface area contributed by atoms with Gasteiger partial charge in [0.2, 0.25) is 6.61 Å². The van der Waals surface area contributed by atoms with Crippen LogP contribution < -0.4 is 4.90 Å². The molecule has 0 aliphatic carbocycles. The predicted molar refractivity (Wildman–Crippen MR) is 103 cm³/mol. The van der Waals surface area contributed by atoms with Crippen LogP contribution in [0.2, 0.25) is 0 Å². The second kappa shape index (κ2) is 8.31. The first-order valence-electron chi connectivity index (χ1n) is 8.67. The molecule has 138 valence electrons. The highest BCUT2D eigenvalue weighted by Crippen LogP contribution is 2.42. The van der Waals surface area contributed by atoms with E-state index in [0.29, 0.717) is 17.7 Å². The first-order chi connectivity index (χ1) is 13.1. The van der Waals surface area contributed by atoms with Gasteiger partial charge in [-0.1, -0.05) is 60.6 Å². The number of β-lactam (4-membered cyclic amide) rings is 1. The maximum Gasteiger partial charge on any atom is 0.344 e. The van der Waals surface area contributed by atoms with Crippen molar-refractivity contribution in [2.75, 3.05) is 11.5 Å². The molecule has 0 radical (unpaired) electrons. The molecule has 27 heavy (non-hydrogen) atoms. The molecule has 1 N–H and O–H groups in total. The van der Waals surface area contributed by atoms with Crippen LogP contribution in [-0.4, -0.2) is 29.3 Å². The highest BCUT2D eigenvalue weighted by atomic mass is 16.6. The van der Waals surface area contributed by atoms with Crippen molar-refractivity contribution in [2.24, 2.45) is 5.16 Å². The number of carbonyl (C=O) groups excluding carboxylic acids is 1. The van der Waals surface area contributed by atoms with E-state index < -0.39 is 12.6 Å². The zero-order valence-electron chi connectivity index (χ0n) is 14.9. The summed E-state index contributed by atoms with van der Waals surface area (Å²) in [6.45, 7) is 1.36. The Morgan fingerprint density at radius 2 is 1.78 bits per heavy atom. The van der Waals surface area contributed by atoms with Gasteiger partial charge in [0.05, 0.1) is 11.8 Å². The molecule has 2 aromatic carbocycles. The van der Waals surface area contributed by atoms with E-state index in [9.17, 15) is 9.59 Å². The van der Waals surface area contributed by atoms with E-state index in [2.05, 4.69) is 5.16 Å². The van der Waals surface area contributed by atoms with Gasteiger partial charge in [-0.2, -0.15) is 0 Å². The van der Waals surface area contributed by atoms with Crippen molar-refractivity contribution in [3.8, 4) is 0 Å². The van der Waals surface area contributed by atoms with E-state index in [4.69, 9.17) is 9.94 Å². The van der Waals surface area contributed by atoms with Gasteiger partial charge in [-0.25, -0.2) is 4.79 Å². The van der Waals surface area contributed by atoms with Crippen molar-refractivity contribution >= 4 is 23.3 Å². The van der Waals surface area contributed by atoms with Gasteiger partial charge in [0, 0.05) is 11.3 Å². The third-order valence-electron chi connectivity index (χ3n) is 4.22.